The molecule has 0 aliphatic carbocycles. The highest BCUT2D eigenvalue weighted by molar-refractivity contribution is 5.26. The molecule has 3 aromatic rings. The normalized spacial score (nSPS) is 16.6. The molecule has 10 heteroatoms. The summed E-state index contributed by atoms with van der Waals surface area (Å²) in [6.45, 7) is 5.43. The molecule has 182 valence electrons. The number of hydrogen-bond donors (Lipinski definition) is 2. The van der Waals surface area contributed by atoms with E-state index in [0.717, 1.165) is 50.4 Å². The zero-order valence-corrected chi connectivity index (χ0v) is 18.9. The number of nitrogens with one attached hydrogen (secondary N) is 1. The van der Waals surface area contributed by atoms with Gasteiger partial charge in [0.15, 0.2) is 0 Å². The van der Waals surface area contributed by atoms with Crippen LogP contribution in [0.2, 0.25) is 0 Å². The average Bonchev–Trinajstić information content (AvgIpc) is 3.32. The Morgan fingerprint density at radius 3 is 2.44 bits per heavy atom. The summed E-state index contributed by atoms with van der Waals surface area (Å²) in [5.41, 5.74) is -0.866. The molecule has 2 heterocycles. The summed E-state index contributed by atoms with van der Waals surface area (Å²) >= 11 is 0. The van der Waals surface area contributed by atoms with E-state index >= 15 is 0 Å². The van der Waals surface area contributed by atoms with Crippen molar-refractivity contribution in [1.82, 2.24) is 29.9 Å². The summed E-state index contributed by atoms with van der Waals surface area (Å²) in [5, 5.41) is 19.2. The first-order chi connectivity index (χ1) is 16.4. The maximum absolute atomic E-state index is 14.9. The van der Waals surface area contributed by atoms with E-state index in [9.17, 15) is 18.3 Å². The molecule has 0 saturated carbocycles. The molecule has 2 N–H and O–H groups in total. The van der Waals surface area contributed by atoms with Crippen LogP contribution in [0.15, 0.2) is 55.1 Å². The second-order valence-corrected chi connectivity index (χ2v) is 8.68. The molecule has 0 spiro atoms. The molecule has 1 aromatic heterocycles. The first-order valence-electron chi connectivity index (χ1n) is 11.3. The van der Waals surface area contributed by atoms with E-state index in [2.05, 4.69) is 20.3 Å². The van der Waals surface area contributed by atoms with Crippen LogP contribution in [-0.2, 0) is 18.7 Å². The lowest BCUT2D eigenvalue weighted by Crippen LogP contribution is -2.49. The van der Waals surface area contributed by atoms with Crippen LogP contribution < -0.4 is 5.32 Å². The van der Waals surface area contributed by atoms with Gasteiger partial charge in [0.05, 0.1) is 6.54 Å². The molecule has 0 bridgehead atoms. The Hall–Kier alpha value is -2.79. The van der Waals surface area contributed by atoms with Crippen LogP contribution in [0.25, 0.3) is 0 Å². The smallest absolute Gasteiger partial charge is 0.137 e. The van der Waals surface area contributed by atoms with Gasteiger partial charge in [-0.25, -0.2) is 22.8 Å². The maximum atomic E-state index is 14.9. The Morgan fingerprint density at radius 2 is 1.76 bits per heavy atom. The molecule has 34 heavy (non-hydrogen) atoms. The van der Waals surface area contributed by atoms with Gasteiger partial charge in [0.25, 0.3) is 0 Å². The van der Waals surface area contributed by atoms with Crippen LogP contribution in [0.4, 0.5) is 13.2 Å². The molecule has 1 aliphatic rings. The van der Waals surface area contributed by atoms with Gasteiger partial charge in [-0.3, -0.25) is 9.80 Å². The molecule has 0 radical (unpaired) electrons. The fourth-order valence-corrected chi connectivity index (χ4v) is 4.32. The molecule has 1 aliphatic heterocycles. The number of piperazine rings is 1. The van der Waals surface area contributed by atoms with Gasteiger partial charge < -0.3 is 10.4 Å². The van der Waals surface area contributed by atoms with Crippen molar-refractivity contribution in [2.75, 3.05) is 45.8 Å². The number of halogens is 3. The Balaban J connectivity index is 1.60. The molecule has 1 unspecified atom stereocenters. The summed E-state index contributed by atoms with van der Waals surface area (Å²) in [5.74, 6) is -1.87. The fraction of sp³-hybridized carbons (Fsp3) is 0.417. The predicted octanol–water partition coefficient (Wildman–Crippen LogP) is 1.99. The highest BCUT2D eigenvalue weighted by Gasteiger charge is 2.35. The fourth-order valence-electron chi connectivity index (χ4n) is 4.32. The highest BCUT2D eigenvalue weighted by Crippen LogP contribution is 2.28. The lowest BCUT2D eigenvalue weighted by Gasteiger charge is -2.36. The SMILES string of the molecule is OC(CN(CCN1CCNCC1)Cc1ccc(F)cc1)(Cn1cncn1)c1ccc(F)cc1F. The number of hydrogen-bond acceptors (Lipinski definition) is 6. The molecule has 7 nitrogen and oxygen atoms in total. The van der Waals surface area contributed by atoms with Crippen molar-refractivity contribution in [3.8, 4) is 0 Å². The average molecular weight is 475 g/mol. The second kappa shape index (κ2) is 11.1. The minimum Gasteiger partial charge on any atom is -0.382 e. The van der Waals surface area contributed by atoms with Crippen LogP contribution in [0.3, 0.4) is 0 Å². The van der Waals surface area contributed by atoms with Gasteiger partial charge in [-0.15, -0.1) is 0 Å². The van der Waals surface area contributed by atoms with Gasteiger partial charge >= 0.3 is 0 Å². The highest BCUT2D eigenvalue weighted by atomic mass is 19.1. The Morgan fingerprint density at radius 1 is 1.03 bits per heavy atom. The van der Waals surface area contributed by atoms with Crippen LogP contribution in [0.1, 0.15) is 11.1 Å². The van der Waals surface area contributed by atoms with Crippen LogP contribution >= 0.6 is 0 Å². The molecule has 4 rings (SSSR count). The van der Waals surface area contributed by atoms with Crippen molar-refractivity contribution >= 4 is 0 Å². The van der Waals surface area contributed by atoms with Gasteiger partial charge in [-0.1, -0.05) is 18.2 Å². The first kappa shape index (κ1) is 24.3. The summed E-state index contributed by atoms with van der Waals surface area (Å²) in [6, 6.07) is 9.36. The van der Waals surface area contributed by atoms with Gasteiger partial charge in [-0.2, -0.15) is 5.10 Å². The van der Waals surface area contributed by atoms with Crippen molar-refractivity contribution in [3.63, 3.8) is 0 Å². The predicted molar refractivity (Wildman–Crippen MR) is 121 cm³/mol. The third-order valence-corrected chi connectivity index (χ3v) is 6.07. The number of aliphatic hydroxyl groups is 1. The van der Waals surface area contributed by atoms with Crippen molar-refractivity contribution in [1.29, 1.82) is 0 Å². The van der Waals surface area contributed by atoms with Crippen LogP contribution in [0, 0.1) is 17.5 Å². The van der Waals surface area contributed by atoms with Gasteiger partial charge in [0, 0.05) is 64.0 Å². The third-order valence-electron chi connectivity index (χ3n) is 6.07. The number of nitrogens with zero attached hydrogens (tertiary/aromatic N) is 5. The molecule has 1 saturated heterocycles. The van der Waals surface area contributed by atoms with Crippen LogP contribution in [0.5, 0.6) is 0 Å². The monoisotopic (exact) mass is 474 g/mol. The first-order valence-corrected chi connectivity index (χ1v) is 11.3. The van der Waals surface area contributed by atoms with Crippen molar-refractivity contribution < 1.29 is 18.3 Å². The zero-order chi connectivity index (χ0) is 24.0. The molecule has 1 fully saturated rings. The minimum absolute atomic E-state index is 0.0179. The van der Waals surface area contributed by atoms with Crippen LogP contribution in [-0.4, -0.2) is 75.5 Å². The Bertz CT molecular complexity index is 1040. The number of rotatable bonds is 10. The van der Waals surface area contributed by atoms with E-state index in [0.29, 0.717) is 13.1 Å². The van der Waals surface area contributed by atoms with E-state index < -0.39 is 17.2 Å². The molecule has 0 amide bonds. The van der Waals surface area contributed by atoms with Crippen molar-refractivity contribution in [2.24, 2.45) is 0 Å². The van der Waals surface area contributed by atoms with E-state index in [1.807, 2.05) is 4.90 Å². The van der Waals surface area contributed by atoms with Crippen molar-refractivity contribution in [3.05, 3.63) is 83.7 Å². The van der Waals surface area contributed by atoms with E-state index in [1.54, 1.807) is 12.1 Å². The standard InChI is InChI=1S/C24H29F3N6O/c25-20-3-1-19(2-4-20)14-32(12-11-31-9-7-28-8-10-31)15-24(34,16-33-18-29-17-30-33)22-6-5-21(26)13-23(22)27/h1-6,13,17-18,28,34H,7-12,14-16H2. The zero-order valence-electron chi connectivity index (χ0n) is 18.9. The summed E-state index contributed by atoms with van der Waals surface area (Å²) in [7, 11) is 0. The van der Waals surface area contributed by atoms with Gasteiger partial charge in [0.2, 0.25) is 0 Å². The summed E-state index contributed by atoms with van der Waals surface area (Å²) < 4.78 is 43.3. The summed E-state index contributed by atoms with van der Waals surface area (Å²) in [6.07, 6.45) is 2.78. The molecule has 1 atom stereocenters. The topological polar surface area (TPSA) is 69.5 Å². The van der Waals surface area contributed by atoms with E-state index in [1.165, 1.54) is 35.5 Å². The number of aromatic nitrogens is 3. The quantitative estimate of drug-likeness (QED) is 0.469. The Labute approximate surface area is 196 Å². The Kier molecular flexibility index (Phi) is 7.94. The third kappa shape index (κ3) is 6.41. The van der Waals surface area contributed by atoms with E-state index in [4.69, 9.17) is 0 Å². The summed E-state index contributed by atoms with van der Waals surface area (Å²) in [4.78, 5) is 8.25. The van der Waals surface area contributed by atoms with Crippen molar-refractivity contribution in [2.45, 2.75) is 18.7 Å². The largest absolute Gasteiger partial charge is 0.382 e. The molecule has 2 aromatic carbocycles. The maximum Gasteiger partial charge on any atom is 0.137 e. The lowest BCUT2D eigenvalue weighted by atomic mass is 9.92. The van der Waals surface area contributed by atoms with Gasteiger partial charge in [0.1, 0.15) is 35.7 Å². The lowest BCUT2D eigenvalue weighted by molar-refractivity contribution is -0.0255. The number of benzene rings is 2. The van der Waals surface area contributed by atoms with E-state index in [-0.39, 0.29) is 24.5 Å². The molecular weight excluding hydrogens is 445 g/mol. The molecular formula is C24H29F3N6O. The minimum atomic E-state index is -1.71. The van der Waals surface area contributed by atoms with Gasteiger partial charge in [-0.05, 0) is 23.8 Å². The second-order valence-electron chi connectivity index (χ2n) is 8.68.